The zero-order valence-electron chi connectivity index (χ0n) is 24.6. The lowest BCUT2D eigenvalue weighted by molar-refractivity contribution is 0.0601. The van der Waals surface area contributed by atoms with Gasteiger partial charge in [-0.25, -0.2) is 9.78 Å². The summed E-state index contributed by atoms with van der Waals surface area (Å²) in [6.45, 7) is 0.252. The average Bonchev–Trinajstić information content (AvgIpc) is 3.41. The highest BCUT2D eigenvalue weighted by Crippen LogP contribution is 2.38. The van der Waals surface area contributed by atoms with E-state index >= 15 is 0 Å². The SMILES string of the molecule is COC(=O)c1c(NC(=O)c2cc3c(=O)n4ccccc4nc3n(CCc3ccc(OC)c(OC)c3)c2=N)sc2c1CCCC2. The molecule has 0 saturated heterocycles. The largest absolute Gasteiger partial charge is 0.493 e. The molecule has 2 N–H and O–H groups in total. The number of nitrogens with one attached hydrogen (secondary N) is 2. The van der Waals surface area contributed by atoms with E-state index in [2.05, 4.69) is 5.32 Å². The minimum atomic E-state index is -0.599. The molecule has 1 amide bonds. The number of nitrogens with zero attached hydrogens (tertiary/aromatic N) is 3. The summed E-state index contributed by atoms with van der Waals surface area (Å²) in [5.74, 6) is 0.0553. The minimum Gasteiger partial charge on any atom is -0.493 e. The van der Waals surface area contributed by atoms with Gasteiger partial charge in [0.1, 0.15) is 21.8 Å². The molecule has 0 radical (unpaired) electrons. The molecule has 0 saturated carbocycles. The van der Waals surface area contributed by atoms with Crippen LogP contribution in [0.25, 0.3) is 16.7 Å². The number of rotatable bonds is 8. The number of thiophene rings is 1. The average molecular weight is 614 g/mol. The second-order valence-electron chi connectivity index (χ2n) is 10.4. The van der Waals surface area contributed by atoms with Crippen molar-refractivity contribution in [2.45, 2.75) is 38.6 Å². The molecule has 0 spiro atoms. The lowest BCUT2D eigenvalue weighted by atomic mass is 9.95. The van der Waals surface area contributed by atoms with Crippen LogP contribution in [0.3, 0.4) is 0 Å². The second kappa shape index (κ2) is 12.0. The highest BCUT2D eigenvalue weighted by molar-refractivity contribution is 7.17. The zero-order valence-corrected chi connectivity index (χ0v) is 25.4. The molecular weight excluding hydrogens is 582 g/mol. The molecule has 5 aromatic rings. The Morgan fingerprint density at radius 3 is 2.61 bits per heavy atom. The van der Waals surface area contributed by atoms with Crippen molar-refractivity contribution < 1.29 is 23.8 Å². The molecule has 0 bridgehead atoms. The summed E-state index contributed by atoms with van der Waals surface area (Å²) >= 11 is 1.36. The Balaban J connectivity index is 1.46. The molecule has 0 fully saturated rings. The second-order valence-corrected chi connectivity index (χ2v) is 11.5. The third-order valence-electron chi connectivity index (χ3n) is 7.92. The molecule has 0 atom stereocenters. The molecule has 1 aliphatic rings. The van der Waals surface area contributed by atoms with Gasteiger partial charge < -0.3 is 24.1 Å². The Bertz CT molecular complexity index is 2060. The van der Waals surface area contributed by atoms with Gasteiger partial charge in [-0.2, -0.15) is 0 Å². The monoisotopic (exact) mass is 613 g/mol. The standard InChI is InChI=1S/C32H31N5O6S/c1-41-22-12-11-18(16-23(22)42-2)13-15-37-27(33)20(17-21-28(37)34-25-10-6-7-14-36(25)31(21)39)29(38)35-30-26(32(40)43-3)19-8-4-5-9-24(19)44-30/h6-7,10-12,14,16-17,33H,4-5,8-9,13,15H2,1-3H3,(H,35,38). The number of fused-ring (bicyclic) bond motifs is 3. The maximum Gasteiger partial charge on any atom is 0.341 e. The number of anilines is 1. The van der Waals surface area contributed by atoms with Crippen molar-refractivity contribution in [3.63, 3.8) is 0 Å². The molecule has 1 aromatic carbocycles. The lowest BCUT2D eigenvalue weighted by Gasteiger charge is -2.15. The van der Waals surface area contributed by atoms with Gasteiger partial charge in [-0.1, -0.05) is 12.1 Å². The summed E-state index contributed by atoms with van der Waals surface area (Å²) in [6, 6.07) is 12.2. The van der Waals surface area contributed by atoms with Crippen LogP contribution in [0.4, 0.5) is 5.00 Å². The van der Waals surface area contributed by atoms with Crippen molar-refractivity contribution in [2.75, 3.05) is 26.6 Å². The van der Waals surface area contributed by atoms with Crippen molar-refractivity contribution in [1.29, 1.82) is 5.41 Å². The lowest BCUT2D eigenvalue weighted by Crippen LogP contribution is -2.32. The summed E-state index contributed by atoms with van der Waals surface area (Å²) in [6.07, 6.45) is 5.59. The smallest absolute Gasteiger partial charge is 0.341 e. The summed E-state index contributed by atoms with van der Waals surface area (Å²) in [4.78, 5) is 46.1. The van der Waals surface area contributed by atoms with Gasteiger partial charge in [0.05, 0.1) is 37.8 Å². The van der Waals surface area contributed by atoms with Crippen LogP contribution in [-0.2, 0) is 30.5 Å². The number of benzene rings is 1. The number of aryl methyl sites for hydroxylation is 3. The Morgan fingerprint density at radius 2 is 1.84 bits per heavy atom. The van der Waals surface area contributed by atoms with Crippen molar-refractivity contribution >= 4 is 44.9 Å². The zero-order chi connectivity index (χ0) is 31.0. The predicted molar refractivity (Wildman–Crippen MR) is 166 cm³/mol. The van der Waals surface area contributed by atoms with Gasteiger partial charge in [0.15, 0.2) is 11.5 Å². The fourth-order valence-electron chi connectivity index (χ4n) is 5.70. The van der Waals surface area contributed by atoms with Crippen molar-refractivity contribution in [2.24, 2.45) is 0 Å². The third-order valence-corrected chi connectivity index (χ3v) is 9.13. The first-order valence-corrected chi connectivity index (χ1v) is 15.0. The predicted octanol–water partition coefficient (Wildman–Crippen LogP) is 4.37. The van der Waals surface area contributed by atoms with Gasteiger partial charge >= 0.3 is 5.97 Å². The van der Waals surface area contributed by atoms with E-state index in [0.717, 1.165) is 41.7 Å². The highest BCUT2D eigenvalue weighted by atomic mass is 32.1. The van der Waals surface area contributed by atoms with Crippen molar-refractivity contribution in [1.82, 2.24) is 14.0 Å². The van der Waals surface area contributed by atoms with Gasteiger partial charge in [0.25, 0.3) is 11.5 Å². The number of esters is 1. The number of carbonyl (C=O) groups excluding carboxylic acids is 2. The van der Waals surface area contributed by atoms with Gasteiger partial charge in [0.2, 0.25) is 0 Å². The maximum absolute atomic E-state index is 13.9. The van der Waals surface area contributed by atoms with Crippen LogP contribution in [0.15, 0.2) is 53.5 Å². The molecule has 1 aliphatic carbocycles. The first kappa shape index (κ1) is 29.1. The summed E-state index contributed by atoms with van der Waals surface area (Å²) < 4.78 is 18.8. The van der Waals surface area contributed by atoms with E-state index in [1.807, 2.05) is 12.1 Å². The first-order valence-electron chi connectivity index (χ1n) is 14.2. The van der Waals surface area contributed by atoms with Gasteiger partial charge in [-0.05, 0) is 73.6 Å². The minimum absolute atomic E-state index is 0.0122. The van der Waals surface area contributed by atoms with Crippen LogP contribution in [-0.4, -0.2) is 47.2 Å². The molecule has 4 heterocycles. The van der Waals surface area contributed by atoms with Crippen LogP contribution in [0.1, 0.15) is 49.6 Å². The summed E-state index contributed by atoms with van der Waals surface area (Å²) in [5, 5.41) is 12.6. The van der Waals surface area contributed by atoms with E-state index in [1.165, 1.54) is 28.9 Å². The van der Waals surface area contributed by atoms with Crippen LogP contribution in [0.2, 0.25) is 0 Å². The molecule has 12 heteroatoms. The molecule has 0 aliphatic heterocycles. The molecule has 4 aromatic heterocycles. The van der Waals surface area contributed by atoms with Crippen molar-refractivity contribution in [3.8, 4) is 11.5 Å². The van der Waals surface area contributed by atoms with Crippen LogP contribution in [0.5, 0.6) is 11.5 Å². The van der Waals surface area contributed by atoms with Crippen LogP contribution >= 0.6 is 11.3 Å². The molecule has 226 valence electrons. The van der Waals surface area contributed by atoms with Gasteiger partial charge in [-0.3, -0.25) is 19.4 Å². The highest BCUT2D eigenvalue weighted by Gasteiger charge is 2.28. The van der Waals surface area contributed by atoms with E-state index < -0.39 is 11.9 Å². The molecule has 11 nitrogen and oxygen atoms in total. The van der Waals surface area contributed by atoms with Crippen LogP contribution in [0, 0.1) is 5.41 Å². The number of pyridine rings is 2. The van der Waals surface area contributed by atoms with E-state index in [1.54, 1.807) is 49.2 Å². The number of hydrogen-bond donors (Lipinski definition) is 2. The number of methoxy groups -OCH3 is 3. The Hall–Kier alpha value is -4.97. The number of carbonyl (C=O) groups is 2. The number of amides is 1. The fraction of sp³-hybridized carbons (Fsp3) is 0.281. The topological polar surface area (TPSA) is 137 Å². The summed E-state index contributed by atoms with van der Waals surface area (Å²) in [5.41, 5.74) is 2.42. The number of ether oxygens (including phenoxy) is 3. The Kier molecular flexibility index (Phi) is 7.92. The Morgan fingerprint density at radius 1 is 1.05 bits per heavy atom. The Labute approximate surface area is 256 Å². The summed E-state index contributed by atoms with van der Waals surface area (Å²) in [7, 11) is 4.45. The maximum atomic E-state index is 13.9. The quantitative estimate of drug-likeness (QED) is 0.196. The first-order chi connectivity index (χ1) is 21.3. The van der Waals surface area contributed by atoms with E-state index in [9.17, 15) is 14.4 Å². The fourth-order valence-corrected chi connectivity index (χ4v) is 6.97. The van der Waals surface area contributed by atoms with Gasteiger partial charge in [-0.15, -0.1) is 11.3 Å². The molecule has 6 rings (SSSR count). The number of hydrogen-bond acceptors (Lipinski definition) is 9. The normalized spacial score (nSPS) is 12.6. The van der Waals surface area contributed by atoms with E-state index in [4.69, 9.17) is 24.6 Å². The molecule has 0 unspecified atom stereocenters. The van der Waals surface area contributed by atoms with Crippen LogP contribution < -0.4 is 25.8 Å². The third kappa shape index (κ3) is 5.11. The molecular formula is C32H31N5O6S. The van der Waals surface area contributed by atoms with E-state index in [-0.39, 0.29) is 28.5 Å². The van der Waals surface area contributed by atoms with E-state index in [0.29, 0.717) is 39.8 Å². The van der Waals surface area contributed by atoms with Gasteiger partial charge in [0, 0.05) is 17.6 Å². The number of aromatic nitrogens is 3. The van der Waals surface area contributed by atoms with Crippen molar-refractivity contribution in [3.05, 3.63) is 91.6 Å². The molecule has 44 heavy (non-hydrogen) atoms.